The zero-order valence-electron chi connectivity index (χ0n) is 14.8. The molecule has 6 nitrogen and oxygen atoms in total. The van der Waals surface area contributed by atoms with E-state index in [-0.39, 0.29) is 11.9 Å². The lowest BCUT2D eigenvalue weighted by atomic mass is 9.91. The third-order valence-corrected chi connectivity index (χ3v) is 4.21. The van der Waals surface area contributed by atoms with Gasteiger partial charge in [0, 0.05) is 19.8 Å². The summed E-state index contributed by atoms with van der Waals surface area (Å²) in [7, 11) is 6.65. The fourth-order valence-corrected chi connectivity index (χ4v) is 3.03. The van der Waals surface area contributed by atoms with Gasteiger partial charge >= 0.3 is 0 Å². The van der Waals surface area contributed by atoms with Gasteiger partial charge in [-0.05, 0) is 49.3 Å². The Morgan fingerprint density at radius 3 is 2.29 bits per heavy atom. The number of carbonyl (C=O) groups excluding carboxylic acids is 1. The predicted molar refractivity (Wildman–Crippen MR) is 97.3 cm³/mol. The highest BCUT2D eigenvalue weighted by atomic mass is 32.1. The first-order chi connectivity index (χ1) is 11.3. The molecule has 0 fully saturated rings. The molecule has 0 spiro atoms. The molecule has 0 radical (unpaired) electrons. The number of hydrogen-bond donors (Lipinski definition) is 2. The molecule has 0 aromatic heterocycles. The number of nitrogens with one attached hydrogen (secondary N) is 2. The average Bonchev–Trinajstić information content (AvgIpc) is 2.53. The molecule has 24 heavy (non-hydrogen) atoms. The van der Waals surface area contributed by atoms with Crippen molar-refractivity contribution in [1.29, 1.82) is 0 Å². The van der Waals surface area contributed by atoms with Crippen LogP contribution in [0.4, 0.5) is 0 Å². The Bertz CT molecular complexity index is 713. The van der Waals surface area contributed by atoms with E-state index in [2.05, 4.69) is 10.6 Å². The maximum Gasteiger partial charge on any atom is 0.253 e. The van der Waals surface area contributed by atoms with E-state index >= 15 is 0 Å². The molecule has 1 aromatic rings. The molecule has 1 aliphatic rings. The van der Waals surface area contributed by atoms with Crippen molar-refractivity contribution in [2.45, 2.75) is 19.9 Å². The molecular formula is C17H23N3O3S. The molecule has 0 saturated heterocycles. The lowest BCUT2D eigenvalue weighted by Gasteiger charge is -2.32. The first-order valence-corrected chi connectivity index (χ1v) is 7.93. The van der Waals surface area contributed by atoms with Gasteiger partial charge in [0.05, 0.1) is 25.8 Å². The van der Waals surface area contributed by atoms with Crippen LogP contribution in [0.15, 0.2) is 23.4 Å². The summed E-state index contributed by atoms with van der Waals surface area (Å²) in [6, 6.07) is 3.43. The Hall–Kier alpha value is -2.28. The molecule has 1 amide bonds. The number of allylic oxidation sites excluding steroid dienone is 1. The Balaban J connectivity index is 2.61. The van der Waals surface area contributed by atoms with Gasteiger partial charge in [0.15, 0.2) is 16.6 Å². The van der Waals surface area contributed by atoms with Crippen LogP contribution >= 0.6 is 12.2 Å². The summed E-state index contributed by atoms with van der Waals surface area (Å²) in [5.41, 5.74) is 3.27. The quantitative estimate of drug-likeness (QED) is 0.810. The molecule has 2 N–H and O–H groups in total. The van der Waals surface area contributed by atoms with Gasteiger partial charge in [-0.25, -0.2) is 0 Å². The van der Waals surface area contributed by atoms with E-state index in [1.54, 1.807) is 33.2 Å². The summed E-state index contributed by atoms with van der Waals surface area (Å²) in [6.45, 7) is 3.82. The highest BCUT2D eigenvalue weighted by Gasteiger charge is 2.32. The van der Waals surface area contributed by atoms with Crippen LogP contribution in [-0.2, 0) is 4.79 Å². The molecule has 0 bridgehead atoms. The van der Waals surface area contributed by atoms with Crippen LogP contribution in [0, 0.1) is 6.92 Å². The summed E-state index contributed by atoms with van der Waals surface area (Å²) in [6.07, 6.45) is 0. The van der Waals surface area contributed by atoms with Crippen LogP contribution in [0.1, 0.15) is 24.1 Å². The average molecular weight is 349 g/mol. The summed E-state index contributed by atoms with van der Waals surface area (Å²) in [5, 5.41) is 6.72. The third-order valence-electron chi connectivity index (χ3n) is 3.99. The first kappa shape index (κ1) is 18.1. The van der Waals surface area contributed by atoms with Gasteiger partial charge in [-0.1, -0.05) is 0 Å². The molecule has 130 valence electrons. The minimum absolute atomic E-state index is 0.0748. The highest BCUT2D eigenvalue weighted by molar-refractivity contribution is 7.80. The number of hydrogen-bond acceptors (Lipinski definition) is 4. The zero-order chi connectivity index (χ0) is 18.0. The molecule has 2 rings (SSSR count). The smallest absolute Gasteiger partial charge is 0.253 e. The van der Waals surface area contributed by atoms with Crippen LogP contribution in [0.2, 0.25) is 0 Å². The lowest BCUT2D eigenvalue weighted by Crippen LogP contribution is -2.46. The topological polar surface area (TPSA) is 62.8 Å². The van der Waals surface area contributed by atoms with Gasteiger partial charge in [-0.2, -0.15) is 0 Å². The standard InChI is InChI=1S/C17H23N3O3S/c1-9-7-12(22-5)13(23-6)8-11(9)15-14(16(21)20(3)4)10(2)18-17(24)19-15/h7-8,15H,1-6H3,(H2,18,19,24). The summed E-state index contributed by atoms with van der Waals surface area (Å²) in [5.74, 6) is 1.18. The fourth-order valence-electron chi connectivity index (χ4n) is 2.76. The van der Waals surface area contributed by atoms with E-state index in [4.69, 9.17) is 21.7 Å². The second-order valence-electron chi connectivity index (χ2n) is 5.83. The van der Waals surface area contributed by atoms with Gasteiger partial charge in [0.2, 0.25) is 0 Å². The maximum absolute atomic E-state index is 12.7. The van der Waals surface area contributed by atoms with E-state index in [0.29, 0.717) is 22.2 Å². The molecule has 1 heterocycles. The minimum atomic E-state index is -0.353. The normalized spacial score (nSPS) is 17.1. The number of amides is 1. The maximum atomic E-state index is 12.7. The highest BCUT2D eigenvalue weighted by Crippen LogP contribution is 2.36. The Morgan fingerprint density at radius 1 is 1.17 bits per heavy atom. The predicted octanol–water partition coefficient (Wildman–Crippen LogP) is 1.89. The number of nitrogens with zero attached hydrogens (tertiary/aromatic N) is 1. The molecule has 1 aromatic carbocycles. The Morgan fingerprint density at radius 2 is 1.75 bits per heavy atom. The van der Waals surface area contributed by atoms with Gasteiger partial charge in [0.25, 0.3) is 5.91 Å². The third kappa shape index (κ3) is 3.31. The number of carbonyl (C=O) groups is 1. The van der Waals surface area contributed by atoms with E-state index in [9.17, 15) is 4.79 Å². The summed E-state index contributed by atoms with van der Waals surface area (Å²) >= 11 is 5.28. The molecule has 1 unspecified atom stereocenters. The molecule has 7 heteroatoms. The second kappa shape index (κ2) is 7.09. The van der Waals surface area contributed by atoms with Gasteiger partial charge < -0.3 is 25.0 Å². The van der Waals surface area contributed by atoms with E-state index in [1.165, 1.54) is 0 Å². The van der Waals surface area contributed by atoms with E-state index < -0.39 is 0 Å². The van der Waals surface area contributed by atoms with Crippen LogP contribution in [-0.4, -0.2) is 44.2 Å². The molecule has 1 atom stereocenters. The van der Waals surface area contributed by atoms with Crippen LogP contribution < -0.4 is 20.1 Å². The Labute approximate surface area is 147 Å². The Kier molecular flexibility index (Phi) is 5.33. The van der Waals surface area contributed by atoms with Gasteiger partial charge in [0.1, 0.15) is 0 Å². The van der Waals surface area contributed by atoms with Crippen molar-refractivity contribution >= 4 is 23.2 Å². The number of methoxy groups -OCH3 is 2. The number of rotatable bonds is 4. The van der Waals surface area contributed by atoms with Crippen LogP contribution in [0.25, 0.3) is 0 Å². The second-order valence-corrected chi connectivity index (χ2v) is 6.24. The van der Waals surface area contributed by atoms with Crippen molar-refractivity contribution in [3.63, 3.8) is 0 Å². The van der Waals surface area contributed by atoms with Crippen molar-refractivity contribution in [3.8, 4) is 11.5 Å². The first-order valence-electron chi connectivity index (χ1n) is 7.52. The van der Waals surface area contributed by atoms with Crippen molar-refractivity contribution in [3.05, 3.63) is 34.5 Å². The molecule has 0 aliphatic carbocycles. The van der Waals surface area contributed by atoms with Crippen LogP contribution in [0.3, 0.4) is 0 Å². The van der Waals surface area contributed by atoms with Crippen LogP contribution in [0.5, 0.6) is 11.5 Å². The van der Waals surface area contributed by atoms with Gasteiger partial charge in [-0.3, -0.25) is 4.79 Å². The number of aryl methyl sites for hydroxylation is 1. The molecule has 1 aliphatic heterocycles. The van der Waals surface area contributed by atoms with Crippen molar-refractivity contribution < 1.29 is 14.3 Å². The van der Waals surface area contributed by atoms with Gasteiger partial charge in [-0.15, -0.1) is 0 Å². The van der Waals surface area contributed by atoms with Crippen molar-refractivity contribution in [2.24, 2.45) is 0 Å². The number of benzene rings is 1. The summed E-state index contributed by atoms with van der Waals surface area (Å²) < 4.78 is 10.8. The lowest BCUT2D eigenvalue weighted by molar-refractivity contribution is -0.125. The minimum Gasteiger partial charge on any atom is -0.493 e. The monoisotopic (exact) mass is 349 g/mol. The number of likely N-dealkylation sites (N-methyl/N-ethyl adjacent to an activating group) is 1. The number of ether oxygens (including phenoxy) is 2. The zero-order valence-corrected chi connectivity index (χ0v) is 15.6. The van der Waals surface area contributed by atoms with E-state index in [1.807, 2.05) is 26.0 Å². The van der Waals surface area contributed by atoms with Crippen molar-refractivity contribution in [1.82, 2.24) is 15.5 Å². The summed E-state index contributed by atoms with van der Waals surface area (Å²) in [4.78, 5) is 14.2. The van der Waals surface area contributed by atoms with E-state index in [0.717, 1.165) is 16.8 Å². The largest absolute Gasteiger partial charge is 0.493 e. The SMILES string of the molecule is COc1cc(C)c(C2NC(=S)NC(C)=C2C(=O)N(C)C)cc1OC. The molecular weight excluding hydrogens is 326 g/mol. The fraction of sp³-hybridized carbons (Fsp3) is 0.412. The number of thiocarbonyl (C=S) groups is 1. The van der Waals surface area contributed by atoms with Crippen molar-refractivity contribution in [2.75, 3.05) is 28.3 Å². The molecule has 0 saturated carbocycles.